The highest BCUT2D eigenvalue weighted by atomic mass is 31.2. The van der Waals surface area contributed by atoms with Gasteiger partial charge in [-0.2, -0.15) is 0 Å². The van der Waals surface area contributed by atoms with Gasteiger partial charge < -0.3 is 14.5 Å². The van der Waals surface area contributed by atoms with Crippen LogP contribution in [-0.2, 0) is 13.8 Å². The molecular weight excluding hydrogens is 233 g/mol. The van der Waals surface area contributed by atoms with Gasteiger partial charge in [0.15, 0.2) is 0 Å². The number of nitrogens with zero attached hydrogens (tertiary/aromatic N) is 1. The fourth-order valence-electron chi connectivity index (χ4n) is 0.828. The molecule has 0 rings (SSSR count). The lowest BCUT2D eigenvalue weighted by Gasteiger charge is -2.18. The van der Waals surface area contributed by atoms with Gasteiger partial charge in [-0.1, -0.05) is 13.8 Å². The number of hydrogen-bond donors (Lipinski definition) is 1. The van der Waals surface area contributed by atoms with Crippen molar-refractivity contribution in [3.05, 3.63) is 0 Å². The Hall–Kier alpha value is -0.580. The molecule has 1 atom stereocenters. The predicted molar refractivity (Wildman–Crippen MR) is 60.3 cm³/mol. The number of carbonyl (C=O) groups is 1. The monoisotopic (exact) mass is 253 g/mol. The Morgan fingerprint density at radius 3 is 2.50 bits per heavy atom. The molecule has 7 heteroatoms. The van der Waals surface area contributed by atoms with Gasteiger partial charge in [0.05, 0.1) is 0 Å². The number of hydrogen-bond acceptors (Lipinski definition) is 4. The van der Waals surface area contributed by atoms with Crippen LogP contribution in [0.15, 0.2) is 0 Å². The molecule has 0 aromatic rings. The van der Waals surface area contributed by atoms with Crippen LogP contribution in [0.5, 0.6) is 0 Å². The summed E-state index contributed by atoms with van der Waals surface area (Å²) in [6.07, 6.45) is 0.313. The third-order valence-electron chi connectivity index (χ3n) is 1.83. The van der Waals surface area contributed by atoms with E-state index in [0.717, 1.165) is 13.1 Å². The van der Waals surface area contributed by atoms with E-state index in [-0.39, 0.29) is 0 Å². The van der Waals surface area contributed by atoms with E-state index in [9.17, 15) is 9.36 Å². The zero-order chi connectivity index (χ0) is 12.8. The molecule has 1 unspecified atom stereocenters. The van der Waals surface area contributed by atoms with Crippen LogP contribution in [0.1, 0.15) is 20.3 Å². The van der Waals surface area contributed by atoms with Gasteiger partial charge in [0, 0.05) is 20.3 Å². The molecule has 0 saturated heterocycles. The van der Waals surface area contributed by atoms with E-state index in [0.29, 0.717) is 12.5 Å². The molecule has 0 spiro atoms. The molecule has 0 saturated carbocycles. The third kappa shape index (κ3) is 8.71. The second-order valence-corrected chi connectivity index (χ2v) is 5.93. The zero-order valence-electron chi connectivity index (χ0n) is 10.2. The first-order valence-corrected chi connectivity index (χ1v) is 7.07. The number of rotatable bonds is 6. The fourth-order valence-corrected chi connectivity index (χ4v) is 1.08. The summed E-state index contributed by atoms with van der Waals surface area (Å²) in [6.45, 7) is 5.22. The Kier molecular flexibility index (Phi) is 6.64. The molecule has 96 valence electrons. The first-order chi connectivity index (χ1) is 7.22. The summed E-state index contributed by atoms with van der Waals surface area (Å²) in [5.41, 5.74) is 0. The van der Waals surface area contributed by atoms with E-state index >= 15 is 0 Å². The summed E-state index contributed by atoms with van der Waals surface area (Å²) < 4.78 is 19.8. The van der Waals surface area contributed by atoms with Crippen LogP contribution in [0.2, 0.25) is 0 Å². The lowest BCUT2D eigenvalue weighted by molar-refractivity contribution is 0.0345. The van der Waals surface area contributed by atoms with Crippen LogP contribution in [0.3, 0.4) is 0 Å². The highest BCUT2D eigenvalue weighted by Gasteiger charge is 2.14. The quantitative estimate of drug-likeness (QED) is 0.577. The van der Waals surface area contributed by atoms with Gasteiger partial charge in [0.1, 0.15) is 0 Å². The summed E-state index contributed by atoms with van der Waals surface area (Å²) in [5, 5.41) is 0. The van der Waals surface area contributed by atoms with Crippen LogP contribution >= 0.6 is 7.60 Å². The Balaban J connectivity index is 3.76. The van der Waals surface area contributed by atoms with Gasteiger partial charge >= 0.3 is 13.7 Å². The van der Waals surface area contributed by atoms with Crippen LogP contribution in [0.25, 0.3) is 0 Å². The normalized spacial score (nSPS) is 14.6. The maximum absolute atomic E-state index is 11.3. The average Bonchev–Trinajstić information content (AvgIpc) is 2.11. The van der Waals surface area contributed by atoms with Crippen molar-refractivity contribution in [3.8, 4) is 0 Å². The summed E-state index contributed by atoms with van der Waals surface area (Å²) >= 11 is 0. The first-order valence-electron chi connectivity index (χ1n) is 5.05. The Labute approximate surface area is 96.1 Å². The van der Waals surface area contributed by atoms with Crippen LogP contribution < -0.4 is 0 Å². The summed E-state index contributed by atoms with van der Waals surface area (Å²) in [4.78, 5) is 21.5. The lowest BCUT2D eigenvalue weighted by Crippen LogP contribution is -2.29. The van der Waals surface area contributed by atoms with Crippen LogP contribution in [-0.4, -0.2) is 42.9 Å². The second kappa shape index (κ2) is 6.89. The molecule has 1 amide bonds. The molecule has 0 bridgehead atoms. The molecule has 0 aliphatic rings. The van der Waals surface area contributed by atoms with Gasteiger partial charge in [-0.05, 0) is 12.3 Å². The van der Waals surface area contributed by atoms with E-state index in [2.05, 4.69) is 23.1 Å². The molecule has 6 nitrogen and oxygen atoms in total. The van der Waals surface area contributed by atoms with E-state index in [1.54, 1.807) is 7.05 Å². The minimum atomic E-state index is -3.58. The third-order valence-corrected chi connectivity index (χ3v) is 2.41. The topological polar surface area (TPSA) is 76.1 Å². The zero-order valence-corrected chi connectivity index (χ0v) is 11.1. The molecule has 0 aromatic carbocycles. The number of amides is 1. The SMILES string of the molecule is CC(C)CCN(C)C(=O)OCOP(C)(=O)O. The second-order valence-electron chi connectivity index (χ2n) is 4.06. The smallest absolute Gasteiger partial charge is 0.411 e. The largest absolute Gasteiger partial charge is 0.422 e. The van der Waals surface area contributed by atoms with Crippen molar-refractivity contribution < 1.29 is 23.5 Å². The van der Waals surface area contributed by atoms with Crippen molar-refractivity contribution in [3.63, 3.8) is 0 Å². The Bertz CT molecular complexity index is 263. The maximum atomic E-state index is 11.3. The van der Waals surface area contributed by atoms with Gasteiger partial charge in [-0.15, -0.1) is 0 Å². The molecule has 0 aromatic heterocycles. The first kappa shape index (κ1) is 15.4. The van der Waals surface area contributed by atoms with Crippen molar-refractivity contribution in [1.29, 1.82) is 0 Å². The van der Waals surface area contributed by atoms with Gasteiger partial charge in [-0.3, -0.25) is 9.09 Å². The summed E-state index contributed by atoms with van der Waals surface area (Å²) in [7, 11) is -1.97. The van der Waals surface area contributed by atoms with Crippen LogP contribution in [0, 0.1) is 5.92 Å². The Morgan fingerprint density at radius 1 is 1.50 bits per heavy atom. The molecule has 0 heterocycles. The molecular formula is C9H20NO5P. The molecule has 0 aliphatic carbocycles. The van der Waals surface area contributed by atoms with E-state index < -0.39 is 20.5 Å². The maximum Gasteiger partial charge on any atom is 0.411 e. The molecule has 1 N–H and O–H groups in total. The summed E-state index contributed by atoms with van der Waals surface area (Å²) in [6, 6.07) is 0. The molecule has 0 radical (unpaired) electrons. The van der Waals surface area contributed by atoms with Crippen molar-refractivity contribution in [2.24, 2.45) is 5.92 Å². The van der Waals surface area contributed by atoms with Crippen LogP contribution in [0.4, 0.5) is 4.79 Å². The minimum Gasteiger partial charge on any atom is -0.422 e. The average molecular weight is 253 g/mol. The van der Waals surface area contributed by atoms with Gasteiger partial charge in [0.2, 0.25) is 6.79 Å². The van der Waals surface area contributed by atoms with E-state index in [1.165, 1.54) is 4.90 Å². The van der Waals surface area contributed by atoms with Crippen molar-refractivity contribution >= 4 is 13.7 Å². The standard InChI is InChI=1S/C9H20NO5P/c1-8(2)5-6-10(3)9(11)14-7-15-16(4,12)13/h8H,5-7H2,1-4H3,(H,12,13). The van der Waals surface area contributed by atoms with E-state index in [4.69, 9.17) is 4.89 Å². The van der Waals surface area contributed by atoms with Gasteiger partial charge in [0.25, 0.3) is 0 Å². The molecule has 0 fully saturated rings. The predicted octanol–water partition coefficient (Wildman–Crippen LogP) is 1.89. The summed E-state index contributed by atoms with van der Waals surface area (Å²) in [5.74, 6) is 0.500. The lowest BCUT2D eigenvalue weighted by atomic mass is 10.1. The van der Waals surface area contributed by atoms with Crippen molar-refractivity contribution in [2.75, 3.05) is 27.1 Å². The highest BCUT2D eigenvalue weighted by Crippen LogP contribution is 2.36. The molecule has 16 heavy (non-hydrogen) atoms. The van der Waals surface area contributed by atoms with Gasteiger partial charge in [-0.25, -0.2) is 4.79 Å². The van der Waals surface area contributed by atoms with Crippen molar-refractivity contribution in [1.82, 2.24) is 4.90 Å². The number of carbonyl (C=O) groups excluding carboxylic acids is 1. The number of ether oxygens (including phenoxy) is 1. The fraction of sp³-hybridized carbons (Fsp3) is 0.889. The Morgan fingerprint density at radius 2 is 2.06 bits per heavy atom. The highest BCUT2D eigenvalue weighted by molar-refractivity contribution is 7.51. The van der Waals surface area contributed by atoms with E-state index in [1.807, 2.05) is 0 Å². The molecule has 0 aliphatic heterocycles. The van der Waals surface area contributed by atoms with Crippen molar-refractivity contribution in [2.45, 2.75) is 20.3 Å². The minimum absolute atomic E-state index is 0.500.